The molecule has 1 fully saturated rings. The Morgan fingerprint density at radius 3 is 2.38 bits per heavy atom. The molecule has 2 rings (SSSR count). The number of hydrogen-bond acceptors (Lipinski definition) is 3. The van der Waals surface area contributed by atoms with Crippen LogP contribution in [0.25, 0.3) is 0 Å². The summed E-state index contributed by atoms with van der Waals surface area (Å²) in [5.41, 5.74) is 5.99. The lowest BCUT2D eigenvalue weighted by molar-refractivity contribution is 0.279. The molecule has 0 saturated carbocycles. The molecule has 7 heteroatoms. The SMILES string of the molecule is CCC1(CC)CCN(S(=O)(=O)c2c(N)cc(Cl)cc2Cl)C1. The largest absolute Gasteiger partial charge is 0.398 e. The lowest BCUT2D eigenvalue weighted by Gasteiger charge is -2.26. The first kappa shape index (κ1) is 16.9. The van der Waals surface area contributed by atoms with Crippen LogP contribution in [0.2, 0.25) is 10.0 Å². The van der Waals surface area contributed by atoms with Gasteiger partial charge >= 0.3 is 0 Å². The van der Waals surface area contributed by atoms with Gasteiger partial charge in [-0.25, -0.2) is 8.42 Å². The molecule has 1 heterocycles. The van der Waals surface area contributed by atoms with Gasteiger partial charge in [0.1, 0.15) is 4.90 Å². The highest BCUT2D eigenvalue weighted by molar-refractivity contribution is 7.89. The van der Waals surface area contributed by atoms with Crippen molar-refractivity contribution in [2.45, 2.75) is 38.0 Å². The van der Waals surface area contributed by atoms with Gasteiger partial charge in [-0.05, 0) is 36.8 Å². The summed E-state index contributed by atoms with van der Waals surface area (Å²) in [6.07, 6.45) is 2.78. The molecule has 1 aromatic carbocycles. The van der Waals surface area contributed by atoms with Crippen molar-refractivity contribution in [1.82, 2.24) is 4.31 Å². The van der Waals surface area contributed by atoms with Crippen molar-refractivity contribution >= 4 is 38.9 Å². The highest BCUT2D eigenvalue weighted by atomic mass is 35.5. The average molecular weight is 351 g/mol. The predicted octanol–water partition coefficient (Wildman–Crippen LogP) is 3.78. The maximum Gasteiger partial charge on any atom is 0.246 e. The minimum Gasteiger partial charge on any atom is -0.398 e. The van der Waals surface area contributed by atoms with Crippen LogP contribution in [-0.4, -0.2) is 25.8 Å². The fourth-order valence-electron chi connectivity index (χ4n) is 2.91. The van der Waals surface area contributed by atoms with E-state index in [1.165, 1.54) is 16.4 Å². The zero-order chi connectivity index (χ0) is 15.8. The van der Waals surface area contributed by atoms with Gasteiger partial charge in [0.2, 0.25) is 10.0 Å². The van der Waals surface area contributed by atoms with Crippen LogP contribution in [0.3, 0.4) is 0 Å². The van der Waals surface area contributed by atoms with Crippen LogP contribution in [0.1, 0.15) is 33.1 Å². The molecule has 118 valence electrons. The number of nitrogens with zero attached hydrogens (tertiary/aromatic N) is 1. The fourth-order valence-corrected chi connectivity index (χ4v) is 5.41. The molecule has 0 amide bonds. The molecule has 1 aliphatic heterocycles. The van der Waals surface area contributed by atoms with Crippen molar-refractivity contribution in [1.29, 1.82) is 0 Å². The minimum absolute atomic E-state index is 0.0310. The number of anilines is 1. The minimum atomic E-state index is -3.69. The van der Waals surface area contributed by atoms with Crippen LogP contribution < -0.4 is 5.73 Å². The first-order chi connectivity index (χ1) is 9.75. The average Bonchev–Trinajstić information content (AvgIpc) is 2.83. The third kappa shape index (κ3) is 3.02. The van der Waals surface area contributed by atoms with Crippen LogP contribution >= 0.6 is 23.2 Å². The van der Waals surface area contributed by atoms with E-state index in [4.69, 9.17) is 28.9 Å². The van der Waals surface area contributed by atoms with E-state index in [1.54, 1.807) is 0 Å². The molecule has 0 aliphatic carbocycles. The Balaban J connectivity index is 2.41. The van der Waals surface area contributed by atoms with Crippen molar-refractivity contribution in [3.63, 3.8) is 0 Å². The summed E-state index contributed by atoms with van der Waals surface area (Å²) in [6, 6.07) is 2.83. The van der Waals surface area contributed by atoms with Crippen LogP contribution in [0.4, 0.5) is 5.69 Å². The summed E-state index contributed by atoms with van der Waals surface area (Å²) < 4.78 is 27.1. The van der Waals surface area contributed by atoms with Crippen LogP contribution in [0.5, 0.6) is 0 Å². The molecular formula is C14H20Cl2N2O2S. The standard InChI is InChI=1S/C14H20Cl2N2O2S/c1-3-14(4-2)5-6-18(9-14)21(19,20)13-11(16)7-10(15)8-12(13)17/h7-8H,3-6,9,17H2,1-2H3. The van der Waals surface area contributed by atoms with E-state index in [1.807, 2.05) is 0 Å². The summed E-state index contributed by atoms with van der Waals surface area (Å²) in [5, 5.41) is 0.403. The van der Waals surface area contributed by atoms with Gasteiger partial charge in [-0.1, -0.05) is 37.0 Å². The first-order valence-corrected chi connectivity index (χ1v) is 9.20. The lowest BCUT2D eigenvalue weighted by Crippen LogP contribution is -2.32. The summed E-state index contributed by atoms with van der Waals surface area (Å²) in [6.45, 7) is 5.22. The Bertz CT molecular complexity index is 619. The molecule has 0 bridgehead atoms. The van der Waals surface area contributed by atoms with E-state index < -0.39 is 10.0 Å². The molecule has 0 radical (unpaired) electrons. The van der Waals surface area contributed by atoms with Gasteiger partial charge in [0.05, 0.1) is 10.7 Å². The molecule has 21 heavy (non-hydrogen) atoms. The van der Waals surface area contributed by atoms with Gasteiger partial charge in [0.25, 0.3) is 0 Å². The fraction of sp³-hybridized carbons (Fsp3) is 0.571. The highest BCUT2D eigenvalue weighted by Gasteiger charge is 2.41. The first-order valence-electron chi connectivity index (χ1n) is 7.00. The van der Waals surface area contributed by atoms with Gasteiger partial charge in [-0.2, -0.15) is 4.31 Å². The van der Waals surface area contributed by atoms with E-state index in [0.717, 1.165) is 19.3 Å². The zero-order valence-electron chi connectivity index (χ0n) is 12.2. The summed E-state index contributed by atoms with van der Waals surface area (Å²) in [7, 11) is -3.69. The number of nitrogens with two attached hydrogens (primary N) is 1. The molecule has 0 aromatic heterocycles. The van der Waals surface area contributed by atoms with Crippen molar-refractivity contribution in [3.8, 4) is 0 Å². The summed E-state index contributed by atoms with van der Waals surface area (Å²) in [5.74, 6) is 0. The van der Waals surface area contributed by atoms with Crippen LogP contribution in [-0.2, 0) is 10.0 Å². The van der Waals surface area contributed by atoms with E-state index in [9.17, 15) is 8.42 Å². The lowest BCUT2D eigenvalue weighted by atomic mass is 9.82. The molecule has 1 aromatic rings. The number of sulfonamides is 1. The molecule has 0 unspecified atom stereocenters. The van der Waals surface area contributed by atoms with Gasteiger partial charge in [-0.3, -0.25) is 0 Å². The van der Waals surface area contributed by atoms with Crippen LogP contribution in [0.15, 0.2) is 17.0 Å². The van der Waals surface area contributed by atoms with E-state index in [-0.39, 0.29) is 21.0 Å². The van der Waals surface area contributed by atoms with Gasteiger partial charge < -0.3 is 5.73 Å². The number of rotatable bonds is 4. The van der Waals surface area contributed by atoms with Crippen molar-refractivity contribution in [3.05, 3.63) is 22.2 Å². The highest BCUT2D eigenvalue weighted by Crippen LogP contribution is 2.41. The smallest absolute Gasteiger partial charge is 0.246 e. The third-order valence-corrected chi connectivity index (χ3v) is 7.13. The number of hydrogen-bond donors (Lipinski definition) is 1. The van der Waals surface area contributed by atoms with Gasteiger partial charge in [0.15, 0.2) is 0 Å². The second-order valence-corrected chi connectivity index (χ2v) is 8.32. The summed E-state index contributed by atoms with van der Waals surface area (Å²) in [4.78, 5) is -0.0310. The Morgan fingerprint density at radius 2 is 1.90 bits per heavy atom. The quantitative estimate of drug-likeness (QED) is 0.840. The third-order valence-electron chi connectivity index (χ3n) is 4.54. The summed E-state index contributed by atoms with van der Waals surface area (Å²) >= 11 is 11.9. The zero-order valence-corrected chi connectivity index (χ0v) is 14.5. The molecule has 0 spiro atoms. The molecular weight excluding hydrogens is 331 g/mol. The maximum atomic E-state index is 12.8. The van der Waals surface area contributed by atoms with E-state index in [0.29, 0.717) is 18.1 Å². The van der Waals surface area contributed by atoms with Gasteiger partial charge in [0, 0.05) is 18.1 Å². The molecule has 1 aliphatic rings. The number of halogens is 2. The Kier molecular flexibility index (Phi) is 4.78. The monoisotopic (exact) mass is 350 g/mol. The normalized spacial score (nSPS) is 19.0. The Hall–Kier alpha value is -0.490. The second kappa shape index (κ2) is 5.95. The van der Waals surface area contributed by atoms with E-state index in [2.05, 4.69) is 13.8 Å². The number of nitrogen functional groups attached to an aromatic ring is 1. The molecule has 1 saturated heterocycles. The van der Waals surface area contributed by atoms with E-state index >= 15 is 0 Å². The maximum absolute atomic E-state index is 12.8. The molecule has 0 atom stereocenters. The van der Waals surface area contributed by atoms with Crippen molar-refractivity contribution < 1.29 is 8.42 Å². The van der Waals surface area contributed by atoms with Crippen molar-refractivity contribution in [2.24, 2.45) is 5.41 Å². The number of benzene rings is 1. The molecule has 4 nitrogen and oxygen atoms in total. The van der Waals surface area contributed by atoms with Crippen molar-refractivity contribution in [2.75, 3.05) is 18.8 Å². The Labute approximate surface area is 136 Å². The predicted molar refractivity (Wildman–Crippen MR) is 87.3 cm³/mol. The van der Waals surface area contributed by atoms with Gasteiger partial charge in [-0.15, -0.1) is 0 Å². The molecule has 2 N–H and O–H groups in total. The van der Waals surface area contributed by atoms with Crippen LogP contribution in [0, 0.1) is 5.41 Å². The topological polar surface area (TPSA) is 63.4 Å². The Morgan fingerprint density at radius 1 is 1.29 bits per heavy atom. The second-order valence-electron chi connectivity index (χ2n) is 5.60.